The predicted molar refractivity (Wildman–Crippen MR) is 150 cm³/mol. The number of aromatic amines is 1. The number of hydrogen-bond acceptors (Lipinski definition) is 5. The number of benzene rings is 1. The number of H-pyrrole nitrogens is 1. The lowest BCUT2D eigenvalue weighted by atomic mass is 9.93. The van der Waals surface area contributed by atoms with Gasteiger partial charge in [-0.3, -0.25) is 9.59 Å². The number of hydrogen-bond donors (Lipinski definition) is 3. The molecule has 0 atom stereocenters. The van der Waals surface area contributed by atoms with Crippen LogP contribution in [-0.4, -0.2) is 50.3 Å². The summed E-state index contributed by atoms with van der Waals surface area (Å²) in [5, 5.41) is 3.42. The van der Waals surface area contributed by atoms with E-state index < -0.39 is 0 Å². The van der Waals surface area contributed by atoms with Crippen molar-refractivity contribution in [1.29, 1.82) is 0 Å². The van der Waals surface area contributed by atoms with E-state index in [1.165, 1.54) is 16.8 Å². The number of nitrogens with one attached hydrogen (secondary N) is 2. The summed E-state index contributed by atoms with van der Waals surface area (Å²) in [7, 11) is 0. The average molecular weight is 507 g/mol. The van der Waals surface area contributed by atoms with Gasteiger partial charge >= 0.3 is 0 Å². The van der Waals surface area contributed by atoms with Crippen molar-refractivity contribution in [3.8, 4) is 11.8 Å². The fourth-order valence-electron chi connectivity index (χ4n) is 5.38. The van der Waals surface area contributed by atoms with Crippen molar-refractivity contribution in [2.24, 2.45) is 11.7 Å². The molecule has 0 unspecified atom stereocenters. The normalized spacial score (nSPS) is 16.2. The second-order valence-corrected chi connectivity index (χ2v) is 9.96. The zero-order valence-electron chi connectivity index (χ0n) is 22.8. The number of amides is 1. The van der Waals surface area contributed by atoms with Crippen molar-refractivity contribution in [3.05, 3.63) is 62.1 Å². The largest absolute Gasteiger partial charge is 0.381 e. The number of aryl methyl sites for hydroxylation is 2. The molecule has 2 saturated heterocycles. The number of carbonyl (C=O) groups is 1. The van der Waals surface area contributed by atoms with Gasteiger partial charge in [0, 0.05) is 60.6 Å². The van der Waals surface area contributed by atoms with Crippen LogP contribution < -0.4 is 21.5 Å². The van der Waals surface area contributed by atoms with Crippen molar-refractivity contribution in [1.82, 2.24) is 10.3 Å². The van der Waals surface area contributed by atoms with Gasteiger partial charge in [0.2, 0.25) is 6.41 Å². The number of nitrogens with zero attached hydrogens (tertiary/aromatic N) is 1. The van der Waals surface area contributed by atoms with Gasteiger partial charge < -0.3 is 25.7 Å². The quantitative estimate of drug-likeness (QED) is 0.427. The van der Waals surface area contributed by atoms with Gasteiger partial charge in [-0.1, -0.05) is 11.8 Å². The van der Waals surface area contributed by atoms with E-state index in [4.69, 9.17) is 9.53 Å². The number of carbonyl (C=O) groups excluding carboxylic acids is 1. The molecule has 1 amide bonds. The van der Waals surface area contributed by atoms with Gasteiger partial charge in [-0.25, -0.2) is 0 Å². The maximum Gasteiger partial charge on any atom is 0.251 e. The molecule has 2 aliphatic rings. The minimum absolute atomic E-state index is 0.0152. The number of aromatic nitrogens is 1. The first-order valence-corrected chi connectivity index (χ1v) is 13.4. The summed E-state index contributed by atoms with van der Waals surface area (Å²) in [5.41, 5.74) is 11.7. The summed E-state index contributed by atoms with van der Waals surface area (Å²) in [4.78, 5) is 26.9. The first-order valence-electron chi connectivity index (χ1n) is 13.4. The molecule has 0 radical (unpaired) electrons. The van der Waals surface area contributed by atoms with Crippen LogP contribution in [-0.2, 0) is 16.0 Å². The highest BCUT2D eigenvalue weighted by molar-refractivity contribution is 5.62. The number of rotatable bonds is 5. The monoisotopic (exact) mass is 506 g/mol. The Kier molecular flexibility index (Phi) is 10.8. The zero-order chi connectivity index (χ0) is 26.8. The Bertz CT molecular complexity index is 1170. The SMILES string of the molecule is CCN(c1cc(C#CC2CCNCC2)cc(Cc2c(C)cc(C)[nH]c2=O)c1C)C1CCOCC1.NC=O. The second-order valence-electron chi connectivity index (χ2n) is 9.96. The van der Waals surface area contributed by atoms with Crippen LogP contribution in [0.1, 0.15) is 66.1 Å². The molecule has 2 aliphatic heterocycles. The highest BCUT2D eigenvalue weighted by Gasteiger charge is 2.23. The van der Waals surface area contributed by atoms with Crippen LogP contribution in [0.3, 0.4) is 0 Å². The van der Waals surface area contributed by atoms with E-state index in [2.05, 4.69) is 64.8 Å². The molecule has 0 bridgehead atoms. The highest BCUT2D eigenvalue weighted by Crippen LogP contribution is 2.31. The molecule has 4 rings (SSSR count). The Morgan fingerprint density at radius 1 is 1.11 bits per heavy atom. The Morgan fingerprint density at radius 2 is 1.78 bits per heavy atom. The summed E-state index contributed by atoms with van der Waals surface area (Å²) in [6, 6.07) is 7.03. The molecule has 1 aromatic heterocycles. The van der Waals surface area contributed by atoms with Crippen LogP contribution >= 0.6 is 0 Å². The lowest BCUT2D eigenvalue weighted by Gasteiger charge is -2.37. The molecule has 3 heterocycles. The van der Waals surface area contributed by atoms with Crippen LogP contribution in [0.15, 0.2) is 23.0 Å². The Morgan fingerprint density at radius 3 is 2.41 bits per heavy atom. The van der Waals surface area contributed by atoms with Crippen LogP contribution in [0.4, 0.5) is 5.69 Å². The van der Waals surface area contributed by atoms with Gasteiger partial charge in [-0.05, 0) is 101 Å². The number of anilines is 1. The molecule has 200 valence electrons. The fraction of sp³-hybridized carbons (Fsp3) is 0.533. The van der Waals surface area contributed by atoms with Gasteiger partial charge in [0.25, 0.3) is 5.56 Å². The Labute approximate surface area is 221 Å². The molecule has 2 fully saturated rings. The topological polar surface area (TPSA) is 100 Å². The smallest absolute Gasteiger partial charge is 0.251 e. The van der Waals surface area contributed by atoms with Crippen LogP contribution in [0.25, 0.3) is 0 Å². The molecular weight excluding hydrogens is 464 g/mol. The number of primary amides is 1. The maximum atomic E-state index is 12.8. The van der Waals surface area contributed by atoms with E-state index in [1.807, 2.05) is 13.8 Å². The van der Waals surface area contributed by atoms with Gasteiger partial charge in [0.05, 0.1) is 0 Å². The van der Waals surface area contributed by atoms with Crippen molar-refractivity contribution < 1.29 is 9.53 Å². The lowest BCUT2D eigenvalue weighted by molar-refractivity contribution is -0.106. The van der Waals surface area contributed by atoms with Gasteiger partial charge in [0.1, 0.15) is 0 Å². The summed E-state index contributed by atoms with van der Waals surface area (Å²) in [6.45, 7) is 13.1. The number of ether oxygens (including phenoxy) is 1. The van der Waals surface area contributed by atoms with Crippen molar-refractivity contribution in [2.75, 3.05) is 37.7 Å². The highest BCUT2D eigenvalue weighted by atomic mass is 16.5. The number of pyridine rings is 1. The van der Waals surface area contributed by atoms with Gasteiger partial charge in [-0.15, -0.1) is 0 Å². The second kappa shape index (κ2) is 14.0. The zero-order valence-corrected chi connectivity index (χ0v) is 22.8. The van der Waals surface area contributed by atoms with Gasteiger partial charge in [-0.2, -0.15) is 0 Å². The minimum atomic E-state index is 0.0152. The molecule has 7 heteroatoms. The van der Waals surface area contributed by atoms with E-state index >= 15 is 0 Å². The number of piperidine rings is 1. The van der Waals surface area contributed by atoms with Gasteiger partial charge in [0.15, 0.2) is 0 Å². The standard InChI is InChI=1S/C29H39N3O2.CH3NO/c1-5-32(26-10-14-34-15-11-26)28-18-24(7-6-23-8-12-30-13-9-23)17-25(22(28)4)19-27-20(2)16-21(3)31-29(27)33;2-1-3/h16-18,23,26,30H,5,8-15,19H2,1-4H3,(H,31,33);1H,(H2,2,3). The minimum Gasteiger partial charge on any atom is -0.381 e. The van der Waals surface area contributed by atoms with E-state index in [1.54, 1.807) is 0 Å². The summed E-state index contributed by atoms with van der Waals surface area (Å²) in [5.74, 6) is 7.51. The van der Waals surface area contributed by atoms with E-state index in [-0.39, 0.29) is 12.0 Å². The maximum absolute atomic E-state index is 12.8. The third kappa shape index (κ3) is 7.70. The molecule has 0 saturated carbocycles. The summed E-state index contributed by atoms with van der Waals surface area (Å²) < 4.78 is 5.64. The summed E-state index contributed by atoms with van der Waals surface area (Å²) >= 11 is 0. The van der Waals surface area contributed by atoms with Crippen LogP contribution in [0.2, 0.25) is 0 Å². The first kappa shape index (κ1) is 28.5. The molecule has 0 spiro atoms. The molecule has 2 aromatic rings. The van der Waals surface area contributed by atoms with E-state index in [0.717, 1.165) is 80.9 Å². The summed E-state index contributed by atoms with van der Waals surface area (Å²) in [6.07, 6.45) is 5.18. The predicted octanol–water partition coefficient (Wildman–Crippen LogP) is 3.35. The molecule has 1 aromatic carbocycles. The number of nitrogens with two attached hydrogens (primary N) is 1. The molecular formula is C30H42N4O3. The van der Waals surface area contributed by atoms with E-state index in [9.17, 15) is 4.79 Å². The van der Waals surface area contributed by atoms with Crippen molar-refractivity contribution in [2.45, 2.75) is 65.8 Å². The molecule has 4 N–H and O–H groups in total. The van der Waals surface area contributed by atoms with Crippen molar-refractivity contribution >= 4 is 12.1 Å². The molecule has 37 heavy (non-hydrogen) atoms. The molecule has 0 aliphatic carbocycles. The third-order valence-electron chi connectivity index (χ3n) is 7.39. The van der Waals surface area contributed by atoms with Crippen LogP contribution in [0, 0.1) is 38.5 Å². The fourth-order valence-corrected chi connectivity index (χ4v) is 5.38. The lowest BCUT2D eigenvalue weighted by Crippen LogP contribution is -2.40. The Balaban J connectivity index is 0.00000121. The van der Waals surface area contributed by atoms with Crippen molar-refractivity contribution in [3.63, 3.8) is 0 Å². The average Bonchev–Trinajstić information content (AvgIpc) is 2.89. The first-order chi connectivity index (χ1) is 17.9. The molecule has 7 nitrogen and oxygen atoms in total. The van der Waals surface area contributed by atoms with E-state index in [0.29, 0.717) is 18.4 Å². The van der Waals surface area contributed by atoms with Crippen LogP contribution in [0.5, 0.6) is 0 Å². The Hall–Kier alpha value is -3.08. The third-order valence-corrected chi connectivity index (χ3v) is 7.39.